The minimum Gasteiger partial charge on any atom is -0.357 e. The van der Waals surface area contributed by atoms with Crippen molar-refractivity contribution >= 4 is 33.3 Å². The largest absolute Gasteiger partial charge is 0.357 e. The SMILES string of the molecule is Cc1nc(NCC#N)cc(Nc2ccc(C)c(Br)c2)n1. The normalized spacial score (nSPS) is 9.90. The van der Waals surface area contributed by atoms with Crippen LogP contribution in [0.3, 0.4) is 0 Å². The minimum atomic E-state index is 0.214. The second-order valence-electron chi connectivity index (χ2n) is 4.29. The van der Waals surface area contributed by atoms with Crippen LogP contribution in [0, 0.1) is 25.2 Å². The predicted octanol–water partition coefficient (Wildman–Crippen LogP) is 3.54. The third-order valence-corrected chi connectivity index (χ3v) is 3.49. The number of nitriles is 1. The number of anilines is 3. The molecule has 102 valence electrons. The Morgan fingerprint density at radius 1 is 1.20 bits per heavy atom. The summed E-state index contributed by atoms with van der Waals surface area (Å²) in [6, 6.07) is 9.80. The molecular weight excluding hydrogens is 318 g/mol. The van der Waals surface area contributed by atoms with Crippen LogP contribution in [0.15, 0.2) is 28.7 Å². The first-order chi connectivity index (χ1) is 9.58. The number of nitrogens with zero attached hydrogens (tertiary/aromatic N) is 3. The molecule has 0 aliphatic carbocycles. The van der Waals surface area contributed by atoms with Crippen molar-refractivity contribution < 1.29 is 0 Å². The summed E-state index contributed by atoms with van der Waals surface area (Å²) < 4.78 is 1.04. The van der Waals surface area contributed by atoms with E-state index in [9.17, 15) is 0 Å². The second-order valence-corrected chi connectivity index (χ2v) is 5.14. The fraction of sp³-hybridized carbons (Fsp3) is 0.214. The first kappa shape index (κ1) is 14.3. The van der Waals surface area contributed by atoms with Gasteiger partial charge in [0.2, 0.25) is 0 Å². The van der Waals surface area contributed by atoms with E-state index in [1.165, 1.54) is 5.56 Å². The Morgan fingerprint density at radius 2 is 1.95 bits per heavy atom. The van der Waals surface area contributed by atoms with Gasteiger partial charge < -0.3 is 10.6 Å². The van der Waals surface area contributed by atoms with Gasteiger partial charge in [-0.15, -0.1) is 0 Å². The van der Waals surface area contributed by atoms with Crippen LogP contribution in [-0.2, 0) is 0 Å². The number of halogens is 1. The van der Waals surface area contributed by atoms with Crippen LogP contribution < -0.4 is 10.6 Å². The molecule has 0 bridgehead atoms. The van der Waals surface area contributed by atoms with Gasteiger partial charge in [0.1, 0.15) is 24.0 Å². The third kappa shape index (κ3) is 3.68. The summed E-state index contributed by atoms with van der Waals surface area (Å²) in [5.41, 5.74) is 2.11. The Hall–Kier alpha value is -2.13. The Bertz CT molecular complexity index is 663. The van der Waals surface area contributed by atoms with Crippen molar-refractivity contribution in [2.45, 2.75) is 13.8 Å². The van der Waals surface area contributed by atoms with Crippen LogP contribution >= 0.6 is 15.9 Å². The van der Waals surface area contributed by atoms with Crippen LogP contribution in [-0.4, -0.2) is 16.5 Å². The maximum atomic E-state index is 8.58. The first-order valence-electron chi connectivity index (χ1n) is 6.08. The average Bonchev–Trinajstić information content (AvgIpc) is 2.40. The highest BCUT2D eigenvalue weighted by atomic mass is 79.9. The Kier molecular flexibility index (Phi) is 4.53. The third-order valence-electron chi connectivity index (χ3n) is 2.63. The first-order valence-corrected chi connectivity index (χ1v) is 6.87. The second kappa shape index (κ2) is 6.35. The lowest BCUT2D eigenvalue weighted by atomic mass is 10.2. The molecule has 0 saturated heterocycles. The molecule has 20 heavy (non-hydrogen) atoms. The molecule has 0 saturated carbocycles. The van der Waals surface area contributed by atoms with E-state index >= 15 is 0 Å². The van der Waals surface area contributed by atoms with Crippen molar-refractivity contribution in [3.05, 3.63) is 40.1 Å². The van der Waals surface area contributed by atoms with E-state index in [0.29, 0.717) is 17.5 Å². The van der Waals surface area contributed by atoms with E-state index in [1.807, 2.05) is 38.1 Å². The lowest BCUT2D eigenvalue weighted by Crippen LogP contribution is -2.05. The lowest BCUT2D eigenvalue weighted by molar-refractivity contribution is 1.05. The number of nitrogens with one attached hydrogen (secondary N) is 2. The Morgan fingerprint density at radius 3 is 2.65 bits per heavy atom. The van der Waals surface area contributed by atoms with Gasteiger partial charge in [0.25, 0.3) is 0 Å². The number of rotatable bonds is 4. The highest BCUT2D eigenvalue weighted by molar-refractivity contribution is 9.10. The van der Waals surface area contributed by atoms with Crippen molar-refractivity contribution in [3.63, 3.8) is 0 Å². The fourth-order valence-corrected chi connectivity index (χ4v) is 2.05. The molecule has 2 aromatic rings. The zero-order valence-corrected chi connectivity index (χ0v) is 12.8. The van der Waals surface area contributed by atoms with Crippen molar-refractivity contribution in [2.24, 2.45) is 0 Å². The van der Waals surface area contributed by atoms with Gasteiger partial charge >= 0.3 is 0 Å². The summed E-state index contributed by atoms with van der Waals surface area (Å²) in [6.07, 6.45) is 0. The molecule has 2 rings (SSSR count). The molecule has 0 aliphatic heterocycles. The molecule has 2 N–H and O–H groups in total. The topological polar surface area (TPSA) is 73.6 Å². The van der Waals surface area contributed by atoms with Crippen molar-refractivity contribution in [2.75, 3.05) is 17.2 Å². The van der Waals surface area contributed by atoms with Gasteiger partial charge in [0, 0.05) is 16.2 Å². The van der Waals surface area contributed by atoms with Gasteiger partial charge in [0.15, 0.2) is 0 Å². The van der Waals surface area contributed by atoms with E-state index in [0.717, 1.165) is 10.2 Å². The standard InChI is InChI=1S/C14H14BrN5/c1-9-3-4-11(7-12(9)15)20-14-8-13(17-6-5-16)18-10(2)19-14/h3-4,7-8H,6H2,1-2H3,(H2,17,18,19,20). The number of hydrogen-bond donors (Lipinski definition) is 2. The quantitative estimate of drug-likeness (QED) is 0.838. The molecule has 0 amide bonds. The van der Waals surface area contributed by atoms with Gasteiger partial charge in [0.05, 0.1) is 6.07 Å². The Labute approximate surface area is 126 Å². The summed E-state index contributed by atoms with van der Waals surface area (Å²) in [7, 11) is 0. The molecule has 0 spiro atoms. The zero-order chi connectivity index (χ0) is 14.5. The summed E-state index contributed by atoms with van der Waals surface area (Å²) in [6.45, 7) is 4.06. The van der Waals surface area contributed by atoms with Gasteiger partial charge in [-0.2, -0.15) is 5.26 Å². The highest BCUT2D eigenvalue weighted by Crippen LogP contribution is 2.23. The smallest absolute Gasteiger partial charge is 0.136 e. The summed E-state index contributed by atoms with van der Waals surface area (Å²) in [4.78, 5) is 8.55. The molecule has 0 fully saturated rings. The van der Waals surface area contributed by atoms with Gasteiger partial charge in [-0.1, -0.05) is 22.0 Å². The molecule has 6 heteroatoms. The number of hydrogen-bond acceptors (Lipinski definition) is 5. The van der Waals surface area contributed by atoms with Crippen LogP contribution in [0.4, 0.5) is 17.3 Å². The fourth-order valence-electron chi connectivity index (χ4n) is 1.67. The maximum Gasteiger partial charge on any atom is 0.136 e. The van der Waals surface area contributed by atoms with E-state index in [4.69, 9.17) is 5.26 Å². The van der Waals surface area contributed by atoms with Crippen LogP contribution in [0.2, 0.25) is 0 Å². The van der Waals surface area contributed by atoms with Gasteiger partial charge in [-0.3, -0.25) is 0 Å². The van der Waals surface area contributed by atoms with E-state index in [2.05, 4.69) is 36.5 Å². The van der Waals surface area contributed by atoms with E-state index in [1.54, 1.807) is 6.07 Å². The van der Waals surface area contributed by atoms with Crippen molar-refractivity contribution in [1.82, 2.24) is 9.97 Å². The predicted molar refractivity (Wildman–Crippen MR) is 83.0 cm³/mol. The van der Waals surface area contributed by atoms with Crippen LogP contribution in [0.5, 0.6) is 0 Å². The maximum absolute atomic E-state index is 8.58. The molecule has 0 aliphatic rings. The molecule has 1 heterocycles. The monoisotopic (exact) mass is 331 g/mol. The van der Waals surface area contributed by atoms with Crippen molar-refractivity contribution in [1.29, 1.82) is 5.26 Å². The number of aryl methyl sites for hydroxylation is 2. The molecule has 5 nitrogen and oxygen atoms in total. The lowest BCUT2D eigenvalue weighted by Gasteiger charge is -2.10. The summed E-state index contributed by atoms with van der Waals surface area (Å²) in [5.74, 6) is 1.96. The molecule has 0 atom stereocenters. The molecule has 0 unspecified atom stereocenters. The molecular formula is C14H14BrN5. The average molecular weight is 332 g/mol. The summed E-state index contributed by atoms with van der Waals surface area (Å²) >= 11 is 3.50. The zero-order valence-electron chi connectivity index (χ0n) is 11.2. The minimum absolute atomic E-state index is 0.214. The molecule has 1 aromatic heterocycles. The van der Waals surface area contributed by atoms with Gasteiger partial charge in [-0.05, 0) is 31.5 Å². The summed E-state index contributed by atoms with van der Waals surface area (Å²) in [5, 5.41) is 14.7. The Balaban J connectivity index is 2.22. The van der Waals surface area contributed by atoms with Crippen molar-refractivity contribution in [3.8, 4) is 6.07 Å². The van der Waals surface area contributed by atoms with Crippen LogP contribution in [0.25, 0.3) is 0 Å². The number of benzene rings is 1. The van der Waals surface area contributed by atoms with Crippen LogP contribution in [0.1, 0.15) is 11.4 Å². The number of aromatic nitrogens is 2. The molecule has 1 aromatic carbocycles. The molecule has 0 radical (unpaired) electrons. The van der Waals surface area contributed by atoms with Gasteiger partial charge in [-0.25, -0.2) is 9.97 Å². The van der Waals surface area contributed by atoms with E-state index < -0.39 is 0 Å². The highest BCUT2D eigenvalue weighted by Gasteiger charge is 2.03. The van der Waals surface area contributed by atoms with E-state index in [-0.39, 0.29) is 6.54 Å².